The van der Waals surface area contributed by atoms with Crippen molar-refractivity contribution in [1.82, 2.24) is 0 Å². The van der Waals surface area contributed by atoms with E-state index in [4.69, 9.17) is 9.47 Å². The molecular weight excluding hydrogens is 304 g/mol. The van der Waals surface area contributed by atoms with Gasteiger partial charge in [-0.25, -0.2) is 0 Å². The van der Waals surface area contributed by atoms with E-state index >= 15 is 0 Å². The lowest BCUT2D eigenvalue weighted by atomic mass is 9.67. The molecule has 2 aliphatic heterocycles. The van der Waals surface area contributed by atoms with Gasteiger partial charge in [0.05, 0.1) is 35.1 Å². The molecule has 4 aliphatic rings. The summed E-state index contributed by atoms with van der Waals surface area (Å²) in [6, 6.07) is 0. The Balaban J connectivity index is 1.67. The van der Waals surface area contributed by atoms with Crippen LogP contribution < -0.4 is 0 Å². The first-order valence-corrected chi connectivity index (χ1v) is 9.46. The molecule has 136 valence electrons. The largest absolute Gasteiger partial charge is 0.388 e. The quantitative estimate of drug-likeness (QED) is 0.571. The van der Waals surface area contributed by atoms with Crippen LogP contribution in [0.25, 0.3) is 0 Å². The molecular formula is C20H32O4. The van der Waals surface area contributed by atoms with Gasteiger partial charge in [-0.1, -0.05) is 13.0 Å². The molecule has 1 saturated carbocycles. The van der Waals surface area contributed by atoms with E-state index in [9.17, 15) is 10.2 Å². The van der Waals surface area contributed by atoms with Gasteiger partial charge in [0.15, 0.2) is 0 Å². The SMILES string of the molecule is CC(C)(O)C1=CC(O)C2(C)CC3OC3(C)CCC3OC3(C)CCC12. The number of fused-ring (bicyclic) bond motifs is 3. The van der Waals surface area contributed by atoms with E-state index in [-0.39, 0.29) is 28.6 Å². The molecule has 2 N–H and O–H groups in total. The minimum absolute atomic E-state index is 0.0375. The average molecular weight is 336 g/mol. The van der Waals surface area contributed by atoms with Crippen LogP contribution in [-0.4, -0.2) is 45.3 Å². The van der Waals surface area contributed by atoms with Gasteiger partial charge in [-0.15, -0.1) is 0 Å². The molecule has 2 aliphatic carbocycles. The molecule has 4 rings (SSSR count). The molecule has 2 saturated heterocycles. The van der Waals surface area contributed by atoms with Crippen LogP contribution in [0.4, 0.5) is 0 Å². The summed E-state index contributed by atoms with van der Waals surface area (Å²) < 4.78 is 12.1. The highest BCUT2D eigenvalue weighted by atomic mass is 16.6. The lowest BCUT2D eigenvalue weighted by Crippen LogP contribution is -2.39. The maximum atomic E-state index is 10.9. The number of rotatable bonds is 1. The average Bonchev–Trinajstić information content (AvgIpc) is 3.27. The number of aliphatic hydroxyl groups excluding tert-OH is 1. The van der Waals surface area contributed by atoms with Crippen LogP contribution in [0, 0.1) is 11.3 Å². The summed E-state index contributed by atoms with van der Waals surface area (Å²) in [6.45, 7) is 10.2. The summed E-state index contributed by atoms with van der Waals surface area (Å²) in [5, 5.41) is 21.5. The van der Waals surface area contributed by atoms with E-state index in [1.165, 1.54) is 0 Å². The van der Waals surface area contributed by atoms with Crippen molar-refractivity contribution in [3.63, 3.8) is 0 Å². The number of hydrogen-bond donors (Lipinski definition) is 2. The summed E-state index contributed by atoms with van der Waals surface area (Å²) in [5.74, 6) is 0.167. The highest BCUT2D eigenvalue weighted by Gasteiger charge is 2.62. The van der Waals surface area contributed by atoms with Crippen molar-refractivity contribution in [2.45, 2.75) is 102 Å². The Hall–Kier alpha value is -0.420. The third-order valence-electron chi connectivity index (χ3n) is 7.42. The van der Waals surface area contributed by atoms with Gasteiger partial charge in [0.2, 0.25) is 0 Å². The second kappa shape index (κ2) is 4.85. The van der Waals surface area contributed by atoms with Gasteiger partial charge in [-0.2, -0.15) is 0 Å². The van der Waals surface area contributed by atoms with E-state index in [2.05, 4.69) is 20.8 Å². The van der Waals surface area contributed by atoms with Crippen LogP contribution in [0.2, 0.25) is 0 Å². The zero-order valence-corrected chi connectivity index (χ0v) is 15.6. The number of epoxide rings is 2. The Morgan fingerprint density at radius 2 is 1.62 bits per heavy atom. The van der Waals surface area contributed by atoms with Gasteiger partial charge in [0.25, 0.3) is 0 Å². The molecule has 4 heteroatoms. The maximum Gasteiger partial charge on any atom is 0.0921 e. The Labute approximate surface area is 145 Å². The van der Waals surface area contributed by atoms with Crippen molar-refractivity contribution in [2.75, 3.05) is 0 Å². The Morgan fingerprint density at radius 1 is 1.04 bits per heavy atom. The zero-order valence-electron chi connectivity index (χ0n) is 15.6. The van der Waals surface area contributed by atoms with E-state index in [0.29, 0.717) is 6.10 Å². The minimum atomic E-state index is -0.901. The molecule has 0 bridgehead atoms. The third kappa shape index (κ3) is 2.49. The monoisotopic (exact) mass is 336 g/mol. The van der Waals surface area contributed by atoms with Crippen molar-refractivity contribution in [3.05, 3.63) is 11.6 Å². The second-order valence-corrected chi connectivity index (χ2v) is 9.80. The van der Waals surface area contributed by atoms with Crippen LogP contribution in [-0.2, 0) is 9.47 Å². The fourth-order valence-electron chi connectivity index (χ4n) is 5.31. The Morgan fingerprint density at radius 3 is 2.29 bits per heavy atom. The smallest absolute Gasteiger partial charge is 0.0921 e. The molecule has 0 amide bonds. The molecule has 7 unspecified atom stereocenters. The van der Waals surface area contributed by atoms with E-state index in [1.807, 2.05) is 19.9 Å². The summed E-state index contributed by atoms with van der Waals surface area (Å²) in [5.41, 5.74) is -0.295. The van der Waals surface area contributed by atoms with E-state index in [0.717, 1.165) is 37.7 Å². The fraction of sp³-hybridized carbons (Fsp3) is 0.900. The first-order valence-electron chi connectivity index (χ1n) is 9.46. The molecule has 4 nitrogen and oxygen atoms in total. The summed E-state index contributed by atoms with van der Waals surface area (Å²) >= 11 is 0. The van der Waals surface area contributed by atoms with Crippen molar-refractivity contribution in [3.8, 4) is 0 Å². The third-order valence-corrected chi connectivity index (χ3v) is 7.42. The highest BCUT2D eigenvalue weighted by Crippen LogP contribution is 2.59. The van der Waals surface area contributed by atoms with Crippen LogP contribution >= 0.6 is 0 Å². The van der Waals surface area contributed by atoms with Crippen LogP contribution in [0.15, 0.2) is 11.6 Å². The van der Waals surface area contributed by atoms with Gasteiger partial charge in [-0.3, -0.25) is 0 Å². The predicted molar refractivity (Wildman–Crippen MR) is 91.6 cm³/mol. The van der Waals surface area contributed by atoms with Gasteiger partial charge < -0.3 is 19.7 Å². The van der Waals surface area contributed by atoms with Gasteiger partial charge in [0, 0.05) is 5.41 Å². The minimum Gasteiger partial charge on any atom is -0.388 e. The summed E-state index contributed by atoms with van der Waals surface area (Å²) in [6.07, 6.45) is 6.79. The molecule has 0 radical (unpaired) electrons. The Kier molecular flexibility index (Phi) is 3.44. The van der Waals surface area contributed by atoms with Gasteiger partial charge in [0.1, 0.15) is 0 Å². The zero-order chi connectivity index (χ0) is 17.5. The first-order chi connectivity index (χ1) is 11.0. The van der Waals surface area contributed by atoms with E-state index in [1.54, 1.807) is 0 Å². The molecule has 0 aromatic carbocycles. The topological polar surface area (TPSA) is 65.5 Å². The van der Waals surface area contributed by atoms with Crippen molar-refractivity contribution >= 4 is 0 Å². The molecule has 7 atom stereocenters. The summed E-state index contributed by atoms with van der Waals surface area (Å²) in [7, 11) is 0. The standard InChI is InChI=1S/C20H32O4/c1-17(2,22)13-10-14(21)18(3)11-16-20(5,24-16)9-7-15-19(4,23-15)8-6-12(13)18/h10,12,14-16,21-22H,6-9,11H2,1-5H3. The van der Waals surface area contributed by atoms with Crippen molar-refractivity contribution in [1.29, 1.82) is 0 Å². The number of hydrogen-bond acceptors (Lipinski definition) is 4. The molecule has 2 heterocycles. The molecule has 0 spiro atoms. The predicted octanol–water partition coefficient (Wildman–Crippen LogP) is 2.96. The summed E-state index contributed by atoms with van der Waals surface area (Å²) in [4.78, 5) is 0. The second-order valence-electron chi connectivity index (χ2n) is 9.80. The normalized spacial score (nSPS) is 54.0. The van der Waals surface area contributed by atoms with Crippen molar-refractivity contribution < 1.29 is 19.7 Å². The van der Waals surface area contributed by atoms with Crippen LogP contribution in [0.5, 0.6) is 0 Å². The molecule has 3 fully saturated rings. The highest BCUT2D eigenvalue weighted by molar-refractivity contribution is 5.31. The van der Waals surface area contributed by atoms with Gasteiger partial charge >= 0.3 is 0 Å². The van der Waals surface area contributed by atoms with Crippen LogP contribution in [0.1, 0.15) is 66.7 Å². The van der Waals surface area contributed by atoms with E-state index < -0.39 is 11.7 Å². The molecule has 24 heavy (non-hydrogen) atoms. The molecule has 0 aromatic heterocycles. The number of aliphatic hydroxyl groups is 2. The van der Waals surface area contributed by atoms with Gasteiger partial charge in [-0.05, 0) is 71.3 Å². The molecule has 0 aromatic rings. The Bertz CT molecular complexity index is 579. The lowest BCUT2D eigenvalue weighted by molar-refractivity contribution is 0.0238. The van der Waals surface area contributed by atoms with Crippen molar-refractivity contribution in [2.24, 2.45) is 11.3 Å². The maximum absolute atomic E-state index is 10.9. The van der Waals surface area contributed by atoms with Crippen LogP contribution in [0.3, 0.4) is 0 Å². The first kappa shape index (κ1) is 17.0. The lowest BCUT2D eigenvalue weighted by Gasteiger charge is -2.39. The number of ether oxygens (including phenoxy) is 2. The fourth-order valence-corrected chi connectivity index (χ4v) is 5.31.